The summed E-state index contributed by atoms with van der Waals surface area (Å²) < 4.78 is 5.07. The standard InChI is InChI=1S/C14H21NO2S/c16-14(17-10-6-1-2-7-11-18)15-12-13-8-4-3-5-9-13/h3-5,8-9,18H,1-2,6-7,10-12H2,(H,15,16). The fourth-order valence-corrected chi connectivity index (χ4v) is 1.78. The van der Waals surface area contributed by atoms with Crippen molar-refractivity contribution in [3.8, 4) is 0 Å². The number of thiol groups is 1. The summed E-state index contributed by atoms with van der Waals surface area (Å²) >= 11 is 4.15. The van der Waals surface area contributed by atoms with Gasteiger partial charge >= 0.3 is 6.09 Å². The quantitative estimate of drug-likeness (QED) is 0.559. The van der Waals surface area contributed by atoms with Crippen molar-refractivity contribution in [2.75, 3.05) is 12.4 Å². The molecule has 1 amide bonds. The van der Waals surface area contributed by atoms with Gasteiger partial charge in [0.15, 0.2) is 0 Å². The number of hydrogen-bond acceptors (Lipinski definition) is 3. The first-order valence-electron chi connectivity index (χ1n) is 6.38. The molecule has 0 heterocycles. The van der Waals surface area contributed by atoms with Gasteiger partial charge in [-0.25, -0.2) is 4.79 Å². The smallest absolute Gasteiger partial charge is 0.407 e. The van der Waals surface area contributed by atoms with E-state index in [0.29, 0.717) is 13.2 Å². The summed E-state index contributed by atoms with van der Waals surface area (Å²) in [5, 5.41) is 2.73. The maximum absolute atomic E-state index is 11.4. The molecule has 0 fully saturated rings. The second-order valence-electron chi connectivity index (χ2n) is 4.11. The molecule has 3 nitrogen and oxygen atoms in total. The summed E-state index contributed by atoms with van der Waals surface area (Å²) in [7, 11) is 0. The second kappa shape index (κ2) is 9.83. The number of benzene rings is 1. The Bertz CT molecular complexity index is 330. The van der Waals surface area contributed by atoms with Crippen LogP contribution in [0.25, 0.3) is 0 Å². The van der Waals surface area contributed by atoms with E-state index in [1.165, 1.54) is 0 Å². The lowest BCUT2D eigenvalue weighted by Crippen LogP contribution is -2.24. The highest BCUT2D eigenvalue weighted by atomic mass is 32.1. The first kappa shape index (κ1) is 14.9. The van der Waals surface area contributed by atoms with Gasteiger partial charge in [-0.3, -0.25) is 0 Å². The van der Waals surface area contributed by atoms with Crippen LogP contribution >= 0.6 is 12.6 Å². The highest BCUT2D eigenvalue weighted by Crippen LogP contribution is 2.01. The zero-order valence-corrected chi connectivity index (χ0v) is 11.5. The third-order valence-electron chi connectivity index (χ3n) is 2.57. The highest BCUT2D eigenvalue weighted by molar-refractivity contribution is 7.80. The average Bonchev–Trinajstić information content (AvgIpc) is 2.41. The zero-order chi connectivity index (χ0) is 13.1. The molecule has 0 aromatic heterocycles. The molecule has 0 aliphatic rings. The number of rotatable bonds is 8. The molecule has 18 heavy (non-hydrogen) atoms. The van der Waals surface area contributed by atoms with Gasteiger partial charge in [0.2, 0.25) is 0 Å². The van der Waals surface area contributed by atoms with Crippen LogP contribution in [0.15, 0.2) is 30.3 Å². The van der Waals surface area contributed by atoms with Crippen LogP contribution < -0.4 is 5.32 Å². The van der Waals surface area contributed by atoms with E-state index < -0.39 is 0 Å². The Morgan fingerprint density at radius 2 is 1.83 bits per heavy atom. The Labute approximate surface area is 114 Å². The van der Waals surface area contributed by atoms with Crippen LogP contribution in [-0.2, 0) is 11.3 Å². The summed E-state index contributed by atoms with van der Waals surface area (Å²) in [6.45, 7) is 1.01. The summed E-state index contributed by atoms with van der Waals surface area (Å²) in [6.07, 6.45) is 3.95. The van der Waals surface area contributed by atoms with E-state index >= 15 is 0 Å². The highest BCUT2D eigenvalue weighted by Gasteiger charge is 2.01. The Morgan fingerprint density at radius 3 is 2.56 bits per heavy atom. The predicted molar refractivity (Wildman–Crippen MR) is 77.0 cm³/mol. The van der Waals surface area contributed by atoms with Crippen LogP contribution in [-0.4, -0.2) is 18.5 Å². The van der Waals surface area contributed by atoms with Gasteiger partial charge in [0.1, 0.15) is 0 Å². The normalized spacial score (nSPS) is 10.1. The van der Waals surface area contributed by atoms with Gasteiger partial charge in [-0.1, -0.05) is 43.2 Å². The third-order valence-corrected chi connectivity index (χ3v) is 2.88. The van der Waals surface area contributed by atoms with E-state index in [9.17, 15) is 4.79 Å². The number of ether oxygens (including phenoxy) is 1. The molecule has 0 aliphatic heterocycles. The molecule has 1 aromatic rings. The molecule has 0 aliphatic carbocycles. The Hall–Kier alpha value is -1.16. The van der Waals surface area contributed by atoms with Crippen molar-refractivity contribution < 1.29 is 9.53 Å². The number of carbonyl (C=O) groups excluding carboxylic acids is 1. The molecular formula is C14H21NO2S. The van der Waals surface area contributed by atoms with Crippen molar-refractivity contribution in [3.63, 3.8) is 0 Å². The van der Waals surface area contributed by atoms with Crippen LogP contribution in [0.4, 0.5) is 4.79 Å². The Kier molecular flexibility index (Phi) is 8.13. The number of amides is 1. The first-order valence-corrected chi connectivity index (χ1v) is 7.01. The van der Waals surface area contributed by atoms with Crippen molar-refractivity contribution >= 4 is 18.7 Å². The number of nitrogens with one attached hydrogen (secondary N) is 1. The molecular weight excluding hydrogens is 246 g/mol. The Balaban J connectivity index is 2.01. The lowest BCUT2D eigenvalue weighted by Gasteiger charge is -2.06. The minimum absolute atomic E-state index is 0.340. The van der Waals surface area contributed by atoms with Crippen molar-refractivity contribution in [2.45, 2.75) is 32.2 Å². The molecule has 4 heteroatoms. The lowest BCUT2D eigenvalue weighted by molar-refractivity contribution is 0.143. The molecule has 1 rings (SSSR count). The summed E-state index contributed by atoms with van der Waals surface area (Å²) in [4.78, 5) is 11.4. The second-order valence-corrected chi connectivity index (χ2v) is 4.56. The van der Waals surface area contributed by atoms with E-state index in [-0.39, 0.29) is 6.09 Å². The van der Waals surface area contributed by atoms with E-state index in [4.69, 9.17) is 4.74 Å². The largest absolute Gasteiger partial charge is 0.450 e. The summed E-state index contributed by atoms with van der Waals surface area (Å²) in [5.74, 6) is 0.929. The topological polar surface area (TPSA) is 38.3 Å². The zero-order valence-electron chi connectivity index (χ0n) is 10.6. The molecule has 0 spiro atoms. The average molecular weight is 267 g/mol. The van der Waals surface area contributed by atoms with Crippen molar-refractivity contribution in [1.82, 2.24) is 5.32 Å². The minimum atomic E-state index is -0.340. The number of hydrogen-bond donors (Lipinski definition) is 2. The van der Waals surface area contributed by atoms with Crippen LogP contribution in [0.5, 0.6) is 0 Å². The first-order chi connectivity index (χ1) is 8.83. The summed E-state index contributed by atoms with van der Waals surface area (Å²) in [6, 6.07) is 9.79. The maximum atomic E-state index is 11.4. The fourth-order valence-electron chi connectivity index (χ4n) is 1.55. The monoisotopic (exact) mass is 267 g/mol. The predicted octanol–water partition coefficient (Wildman–Crippen LogP) is 3.40. The molecule has 100 valence electrons. The van der Waals surface area contributed by atoms with E-state index in [0.717, 1.165) is 37.0 Å². The van der Waals surface area contributed by atoms with Gasteiger partial charge in [0, 0.05) is 6.54 Å². The van der Waals surface area contributed by atoms with Crippen molar-refractivity contribution in [3.05, 3.63) is 35.9 Å². The van der Waals surface area contributed by atoms with Crippen molar-refractivity contribution in [2.24, 2.45) is 0 Å². The van der Waals surface area contributed by atoms with Crippen LogP contribution in [0, 0.1) is 0 Å². The molecule has 1 aromatic carbocycles. The molecule has 1 N–H and O–H groups in total. The molecule has 0 saturated carbocycles. The maximum Gasteiger partial charge on any atom is 0.407 e. The van der Waals surface area contributed by atoms with Crippen molar-refractivity contribution in [1.29, 1.82) is 0 Å². The third kappa shape index (κ3) is 7.22. The van der Waals surface area contributed by atoms with Gasteiger partial charge in [0.05, 0.1) is 6.61 Å². The molecule has 0 saturated heterocycles. The number of alkyl carbamates (subject to hydrolysis) is 1. The van der Waals surface area contributed by atoms with Gasteiger partial charge in [-0.05, 0) is 24.2 Å². The fraction of sp³-hybridized carbons (Fsp3) is 0.500. The van der Waals surface area contributed by atoms with E-state index in [1.807, 2.05) is 30.3 Å². The van der Waals surface area contributed by atoms with Crippen LogP contribution in [0.1, 0.15) is 31.2 Å². The number of unbranched alkanes of at least 4 members (excludes halogenated alkanes) is 3. The minimum Gasteiger partial charge on any atom is -0.450 e. The van der Waals surface area contributed by atoms with E-state index in [2.05, 4.69) is 17.9 Å². The molecule has 0 radical (unpaired) electrons. The molecule has 0 unspecified atom stereocenters. The van der Waals surface area contributed by atoms with E-state index in [1.54, 1.807) is 0 Å². The summed E-state index contributed by atoms with van der Waals surface area (Å²) in [5.41, 5.74) is 1.07. The Morgan fingerprint density at radius 1 is 1.11 bits per heavy atom. The van der Waals surface area contributed by atoms with Gasteiger partial charge in [-0.15, -0.1) is 0 Å². The van der Waals surface area contributed by atoms with Gasteiger partial charge < -0.3 is 10.1 Å². The van der Waals surface area contributed by atoms with Crippen LogP contribution in [0.2, 0.25) is 0 Å². The van der Waals surface area contributed by atoms with Crippen LogP contribution in [0.3, 0.4) is 0 Å². The molecule has 0 atom stereocenters. The SMILES string of the molecule is O=C(NCc1ccccc1)OCCCCCCS. The molecule has 0 bridgehead atoms. The lowest BCUT2D eigenvalue weighted by atomic mass is 10.2. The number of carbonyl (C=O) groups is 1. The van der Waals surface area contributed by atoms with Gasteiger partial charge in [0.25, 0.3) is 0 Å². The van der Waals surface area contributed by atoms with Gasteiger partial charge in [-0.2, -0.15) is 12.6 Å².